The van der Waals surface area contributed by atoms with Crippen molar-refractivity contribution in [1.82, 2.24) is 35.4 Å². The number of aromatic nitrogens is 3. The molecule has 0 spiro atoms. The number of nitrogens with one attached hydrogen (secondary N) is 2. The van der Waals surface area contributed by atoms with Crippen LogP contribution in [0, 0.1) is 5.92 Å². The lowest BCUT2D eigenvalue weighted by atomic mass is 9.97. The molecule has 35 heavy (non-hydrogen) atoms. The zero-order chi connectivity index (χ0) is 24.7. The summed E-state index contributed by atoms with van der Waals surface area (Å²) in [6.07, 6.45) is 3.61. The van der Waals surface area contributed by atoms with E-state index < -0.39 is 17.9 Å². The summed E-state index contributed by atoms with van der Waals surface area (Å²) in [5, 5.41) is 13.0. The largest absolute Gasteiger partial charge is 0.350 e. The number of rotatable bonds is 5. The van der Waals surface area contributed by atoms with Gasteiger partial charge in [-0.3, -0.25) is 29.3 Å². The standard InChI is InChI=1S/C23H25N7O5/c1-28-8-2-3-13(22(28)34)10-24-20(32)17-12-30(27-26-17)15-4-5-16-14(9-15)11-29(23(16)35)18-6-7-19(31)25-21(18)33/h4-5,9,12-13,18H,2-3,6-8,10-11H2,1H3,(H,24,32)(H,25,31,33). The van der Waals surface area contributed by atoms with Crippen LogP contribution in [0.15, 0.2) is 24.4 Å². The number of piperidine rings is 2. The van der Waals surface area contributed by atoms with Gasteiger partial charge in [0.05, 0.1) is 17.8 Å². The Labute approximate surface area is 200 Å². The Morgan fingerprint density at radius 3 is 2.83 bits per heavy atom. The monoisotopic (exact) mass is 479 g/mol. The summed E-state index contributed by atoms with van der Waals surface area (Å²) in [6.45, 7) is 1.21. The predicted octanol–water partition coefficient (Wildman–Crippen LogP) is -0.373. The third-order valence-corrected chi connectivity index (χ3v) is 6.78. The van der Waals surface area contributed by atoms with E-state index in [0.717, 1.165) is 24.9 Å². The first kappa shape index (κ1) is 22.7. The number of fused-ring (bicyclic) bond motifs is 1. The third kappa shape index (κ3) is 4.27. The number of carbonyl (C=O) groups excluding carboxylic acids is 5. The van der Waals surface area contributed by atoms with Crippen LogP contribution in [-0.4, -0.2) is 80.5 Å². The van der Waals surface area contributed by atoms with Gasteiger partial charge in [-0.25, -0.2) is 4.68 Å². The zero-order valence-electron chi connectivity index (χ0n) is 19.2. The topological polar surface area (TPSA) is 147 Å². The summed E-state index contributed by atoms with van der Waals surface area (Å²) in [5.41, 5.74) is 1.93. The number of benzene rings is 1. The molecule has 2 aromatic rings. The van der Waals surface area contributed by atoms with Crippen LogP contribution in [0.1, 0.15) is 52.1 Å². The van der Waals surface area contributed by atoms with Gasteiger partial charge in [-0.15, -0.1) is 5.10 Å². The molecule has 0 radical (unpaired) electrons. The summed E-state index contributed by atoms with van der Waals surface area (Å²) in [5.74, 6) is -1.69. The molecule has 2 N–H and O–H groups in total. The highest BCUT2D eigenvalue weighted by molar-refractivity contribution is 6.05. The van der Waals surface area contributed by atoms with E-state index in [2.05, 4.69) is 20.9 Å². The van der Waals surface area contributed by atoms with Gasteiger partial charge >= 0.3 is 0 Å². The minimum Gasteiger partial charge on any atom is -0.350 e. The van der Waals surface area contributed by atoms with Crippen LogP contribution in [0.25, 0.3) is 5.69 Å². The minimum absolute atomic E-state index is 0.0271. The fraction of sp³-hybridized carbons (Fsp3) is 0.435. The second kappa shape index (κ2) is 8.93. The highest BCUT2D eigenvalue weighted by Gasteiger charge is 2.39. The zero-order valence-corrected chi connectivity index (χ0v) is 19.2. The highest BCUT2D eigenvalue weighted by Crippen LogP contribution is 2.29. The summed E-state index contributed by atoms with van der Waals surface area (Å²) in [4.78, 5) is 64.4. The first-order chi connectivity index (χ1) is 16.8. The molecule has 2 unspecified atom stereocenters. The second-order valence-corrected chi connectivity index (χ2v) is 9.10. The molecule has 4 heterocycles. The van der Waals surface area contributed by atoms with Gasteiger partial charge in [-0.2, -0.15) is 0 Å². The predicted molar refractivity (Wildman–Crippen MR) is 120 cm³/mol. The molecule has 1 aromatic carbocycles. The number of likely N-dealkylation sites (tertiary alicyclic amines) is 1. The van der Waals surface area contributed by atoms with Crippen molar-refractivity contribution in [3.63, 3.8) is 0 Å². The molecule has 12 heteroatoms. The molecule has 2 saturated heterocycles. The van der Waals surface area contributed by atoms with Crippen molar-refractivity contribution >= 4 is 29.5 Å². The number of imide groups is 1. The van der Waals surface area contributed by atoms with Gasteiger partial charge in [0, 0.05) is 38.7 Å². The SMILES string of the molecule is CN1CCCC(CNC(=O)c2cn(-c3ccc4c(c3)CN(C3CCC(=O)NC3=O)C4=O)nn2)C1=O. The molecule has 2 atom stereocenters. The molecular weight excluding hydrogens is 454 g/mol. The number of hydrogen-bond acceptors (Lipinski definition) is 7. The molecule has 0 bridgehead atoms. The Bertz CT molecular complexity index is 1240. The maximum atomic E-state index is 12.9. The van der Waals surface area contributed by atoms with Crippen molar-refractivity contribution in [2.24, 2.45) is 5.92 Å². The lowest BCUT2D eigenvalue weighted by Gasteiger charge is -2.29. The quantitative estimate of drug-likeness (QED) is 0.556. The Kier molecular flexibility index (Phi) is 5.79. The summed E-state index contributed by atoms with van der Waals surface area (Å²) in [6, 6.07) is 4.43. The Morgan fingerprint density at radius 2 is 2.03 bits per heavy atom. The Hall–Kier alpha value is -4.09. The van der Waals surface area contributed by atoms with E-state index in [4.69, 9.17) is 0 Å². The fourth-order valence-corrected chi connectivity index (χ4v) is 4.81. The van der Waals surface area contributed by atoms with E-state index in [0.29, 0.717) is 17.7 Å². The van der Waals surface area contributed by atoms with E-state index >= 15 is 0 Å². The van der Waals surface area contributed by atoms with Crippen LogP contribution in [0.3, 0.4) is 0 Å². The van der Waals surface area contributed by atoms with Crippen LogP contribution >= 0.6 is 0 Å². The minimum atomic E-state index is -0.687. The van der Waals surface area contributed by atoms with E-state index in [9.17, 15) is 24.0 Å². The molecule has 2 fully saturated rings. The second-order valence-electron chi connectivity index (χ2n) is 9.10. The van der Waals surface area contributed by atoms with Crippen molar-refractivity contribution in [2.45, 2.75) is 38.3 Å². The lowest BCUT2D eigenvalue weighted by molar-refractivity contribution is -0.137. The number of amides is 5. The fourth-order valence-electron chi connectivity index (χ4n) is 4.81. The average molecular weight is 479 g/mol. The highest BCUT2D eigenvalue weighted by atomic mass is 16.2. The number of carbonyl (C=O) groups is 5. The maximum Gasteiger partial charge on any atom is 0.273 e. The molecule has 1 aromatic heterocycles. The van der Waals surface area contributed by atoms with Crippen LogP contribution < -0.4 is 10.6 Å². The average Bonchev–Trinajstić information content (AvgIpc) is 3.45. The molecule has 0 saturated carbocycles. The molecule has 3 aliphatic heterocycles. The number of hydrogen-bond donors (Lipinski definition) is 2. The van der Waals surface area contributed by atoms with Gasteiger partial charge in [0.1, 0.15) is 6.04 Å². The van der Waals surface area contributed by atoms with Gasteiger partial charge in [0.25, 0.3) is 11.8 Å². The normalized spacial score (nSPS) is 22.3. The first-order valence-corrected chi connectivity index (χ1v) is 11.6. The van der Waals surface area contributed by atoms with Crippen molar-refractivity contribution in [2.75, 3.05) is 20.1 Å². The van der Waals surface area contributed by atoms with Crippen LogP contribution in [0.2, 0.25) is 0 Å². The number of nitrogens with zero attached hydrogens (tertiary/aromatic N) is 5. The van der Waals surface area contributed by atoms with Crippen molar-refractivity contribution in [1.29, 1.82) is 0 Å². The summed E-state index contributed by atoms with van der Waals surface area (Å²) < 4.78 is 1.44. The van der Waals surface area contributed by atoms with E-state index in [1.165, 1.54) is 15.8 Å². The first-order valence-electron chi connectivity index (χ1n) is 11.6. The molecule has 12 nitrogen and oxygen atoms in total. The van der Waals surface area contributed by atoms with Crippen LogP contribution in [-0.2, 0) is 20.9 Å². The molecule has 5 amide bonds. The van der Waals surface area contributed by atoms with E-state index in [1.54, 1.807) is 30.1 Å². The summed E-state index contributed by atoms with van der Waals surface area (Å²) >= 11 is 0. The van der Waals surface area contributed by atoms with E-state index in [1.807, 2.05) is 0 Å². The Morgan fingerprint density at radius 1 is 1.20 bits per heavy atom. The van der Waals surface area contributed by atoms with Gasteiger partial charge in [0.15, 0.2) is 5.69 Å². The van der Waals surface area contributed by atoms with Crippen LogP contribution in [0.4, 0.5) is 0 Å². The van der Waals surface area contributed by atoms with E-state index in [-0.39, 0.29) is 48.8 Å². The molecular formula is C23H25N7O5. The maximum absolute atomic E-state index is 12.9. The summed E-state index contributed by atoms with van der Waals surface area (Å²) in [7, 11) is 1.76. The van der Waals surface area contributed by atoms with Gasteiger partial charge in [-0.05, 0) is 43.0 Å². The molecule has 0 aliphatic carbocycles. The molecule has 3 aliphatic rings. The van der Waals surface area contributed by atoms with Crippen molar-refractivity contribution in [3.8, 4) is 5.69 Å². The molecule has 182 valence electrons. The lowest BCUT2D eigenvalue weighted by Crippen LogP contribution is -2.52. The van der Waals surface area contributed by atoms with Gasteiger partial charge in [0.2, 0.25) is 17.7 Å². The third-order valence-electron chi connectivity index (χ3n) is 6.78. The van der Waals surface area contributed by atoms with Crippen molar-refractivity contribution in [3.05, 3.63) is 41.2 Å². The smallest absolute Gasteiger partial charge is 0.273 e. The van der Waals surface area contributed by atoms with Crippen LogP contribution in [0.5, 0.6) is 0 Å². The van der Waals surface area contributed by atoms with Gasteiger partial charge < -0.3 is 15.1 Å². The van der Waals surface area contributed by atoms with Crippen molar-refractivity contribution < 1.29 is 24.0 Å². The Balaban J connectivity index is 1.26. The molecule has 5 rings (SSSR count). The van der Waals surface area contributed by atoms with Gasteiger partial charge in [-0.1, -0.05) is 5.21 Å².